The molecule has 0 unspecified atom stereocenters. The van der Waals surface area contributed by atoms with Gasteiger partial charge in [0.1, 0.15) is 5.75 Å². The van der Waals surface area contributed by atoms with Crippen molar-refractivity contribution >= 4 is 52.1 Å². The third-order valence-corrected chi connectivity index (χ3v) is 4.82. The van der Waals surface area contributed by atoms with Crippen molar-refractivity contribution in [2.24, 2.45) is 10.7 Å². The molecule has 138 valence electrons. The summed E-state index contributed by atoms with van der Waals surface area (Å²) in [6.07, 6.45) is 1.71. The number of amidine groups is 1. The third kappa shape index (κ3) is 4.90. The molecule has 6 nitrogen and oxygen atoms in total. The molecule has 1 heterocycles. The van der Waals surface area contributed by atoms with Gasteiger partial charge in [0.15, 0.2) is 11.8 Å². The highest BCUT2D eigenvalue weighted by atomic mass is 35.5. The number of nitrogens with zero attached hydrogens (tertiary/aromatic N) is 1. The fraction of sp³-hybridized carbons (Fsp3) is 0.105. The third-order valence-electron chi connectivity index (χ3n) is 3.61. The molecule has 2 amide bonds. The Kier molecular flexibility index (Phi) is 5.83. The van der Waals surface area contributed by atoms with Crippen LogP contribution in [-0.2, 0) is 9.59 Å². The van der Waals surface area contributed by atoms with Gasteiger partial charge in [-0.1, -0.05) is 35.9 Å². The fourth-order valence-corrected chi connectivity index (χ4v) is 3.38. The van der Waals surface area contributed by atoms with Crippen molar-refractivity contribution < 1.29 is 14.3 Å². The van der Waals surface area contributed by atoms with E-state index in [-0.39, 0.29) is 12.5 Å². The molecule has 0 atom stereocenters. The van der Waals surface area contributed by atoms with Gasteiger partial charge in [-0.25, -0.2) is 4.99 Å². The van der Waals surface area contributed by atoms with Gasteiger partial charge in [0.05, 0.1) is 15.6 Å². The number of carbonyl (C=O) groups excluding carboxylic acids is 2. The Hall–Kier alpha value is -2.77. The number of primary amides is 1. The minimum atomic E-state index is -0.586. The van der Waals surface area contributed by atoms with E-state index in [1.807, 2.05) is 31.2 Å². The number of hydrogen-bond acceptors (Lipinski definition) is 5. The Morgan fingerprint density at radius 2 is 2.11 bits per heavy atom. The van der Waals surface area contributed by atoms with E-state index in [0.29, 0.717) is 20.8 Å². The van der Waals surface area contributed by atoms with Gasteiger partial charge < -0.3 is 15.8 Å². The van der Waals surface area contributed by atoms with Crippen LogP contribution >= 0.6 is 23.4 Å². The highest BCUT2D eigenvalue weighted by Gasteiger charge is 2.24. The van der Waals surface area contributed by atoms with Gasteiger partial charge in [-0.2, -0.15) is 0 Å². The molecule has 2 aromatic carbocycles. The normalized spacial score (nSPS) is 16.6. The molecule has 27 heavy (non-hydrogen) atoms. The summed E-state index contributed by atoms with van der Waals surface area (Å²) in [5, 5.41) is 3.60. The first-order valence-electron chi connectivity index (χ1n) is 7.98. The SMILES string of the molecule is Cc1ccccc1N=C1NC(=O)C(=Cc2ccc(OCC(N)=O)c(Cl)c2)S1. The molecule has 0 bridgehead atoms. The lowest BCUT2D eigenvalue weighted by Crippen LogP contribution is -2.20. The van der Waals surface area contributed by atoms with Crippen LogP contribution in [0.15, 0.2) is 52.4 Å². The van der Waals surface area contributed by atoms with Crippen LogP contribution in [0, 0.1) is 6.92 Å². The monoisotopic (exact) mass is 401 g/mol. The molecule has 0 aliphatic carbocycles. The fourth-order valence-electron chi connectivity index (χ4n) is 2.30. The van der Waals surface area contributed by atoms with Crippen LogP contribution in [0.1, 0.15) is 11.1 Å². The molecule has 3 N–H and O–H groups in total. The van der Waals surface area contributed by atoms with Crippen LogP contribution < -0.4 is 15.8 Å². The van der Waals surface area contributed by atoms with E-state index in [0.717, 1.165) is 16.8 Å². The van der Waals surface area contributed by atoms with E-state index >= 15 is 0 Å². The molecule has 0 saturated carbocycles. The summed E-state index contributed by atoms with van der Waals surface area (Å²) < 4.78 is 5.21. The second-order valence-corrected chi connectivity index (χ2v) is 7.15. The van der Waals surface area contributed by atoms with Gasteiger partial charge in [-0.05, 0) is 54.1 Å². The number of hydrogen-bond donors (Lipinski definition) is 2. The van der Waals surface area contributed by atoms with Crippen LogP contribution in [0.3, 0.4) is 0 Å². The highest BCUT2D eigenvalue weighted by molar-refractivity contribution is 8.18. The maximum absolute atomic E-state index is 12.2. The Morgan fingerprint density at radius 1 is 1.33 bits per heavy atom. The molecule has 2 aromatic rings. The van der Waals surface area contributed by atoms with E-state index in [4.69, 9.17) is 22.1 Å². The quantitative estimate of drug-likeness (QED) is 0.751. The van der Waals surface area contributed by atoms with Crippen molar-refractivity contribution in [2.75, 3.05) is 6.61 Å². The van der Waals surface area contributed by atoms with E-state index < -0.39 is 5.91 Å². The summed E-state index contributed by atoms with van der Waals surface area (Å²) in [4.78, 5) is 28.0. The highest BCUT2D eigenvalue weighted by Crippen LogP contribution is 2.31. The molecule has 0 spiro atoms. The topological polar surface area (TPSA) is 93.8 Å². The number of nitrogens with two attached hydrogens (primary N) is 1. The van der Waals surface area contributed by atoms with Gasteiger partial charge in [0, 0.05) is 0 Å². The zero-order valence-corrected chi connectivity index (χ0v) is 15.9. The largest absolute Gasteiger partial charge is 0.482 e. The molecule has 0 aromatic heterocycles. The number of aliphatic imine (C=N–C) groups is 1. The first-order valence-corrected chi connectivity index (χ1v) is 9.17. The number of ether oxygens (including phenoxy) is 1. The van der Waals surface area contributed by atoms with Crippen LogP contribution in [0.5, 0.6) is 5.75 Å². The maximum Gasteiger partial charge on any atom is 0.264 e. The standard InChI is InChI=1S/C19H16ClN3O3S/c1-11-4-2-3-5-14(11)22-19-23-18(25)16(27-19)9-12-6-7-15(13(20)8-12)26-10-17(21)24/h2-9H,10H2,1H3,(H2,21,24)(H,22,23,25). The number of rotatable bonds is 5. The van der Waals surface area contributed by atoms with Crippen molar-refractivity contribution in [2.45, 2.75) is 6.92 Å². The average Bonchev–Trinajstić information content (AvgIpc) is 2.95. The molecular formula is C19H16ClN3O3S. The number of halogens is 1. The predicted molar refractivity (Wildman–Crippen MR) is 108 cm³/mol. The summed E-state index contributed by atoms with van der Waals surface area (Å²) in [5.74, 6) is -0.461. The summed E-state index contributed by atoms with van der Waals surface area (Å²) in [5.41, 5.74) is 7.60. The van der Waals surface area contributed by atoms with Crippen molar-refractivity contribution in [3.05, 3.63) is 63.5 Å². The first-order chi connectivity index (χ1) is 12.9. The smallest absolute Gasteiger partial charge is 0.264 e. The molecule has 3 rings (SSSR count). The van der Waals surface area contributed by atoms with Gasteiger partial charge in [-0.15, -0.1) is 0 Å². The lowest BCUT2D eigenvalue weighted by Gasteiger charge is -2.06. The minimum Gasteiger partial charge on any atom is -0.482 e. The Balaban J connectivity index is 1.77. The maximum atomic E-state index is 12.2. The second kappa shape index (κ2) is 8.28. The second-order valence-electron chi connectivity index (χ2n) is 5.71. The summed E-state index contributed by atoms with van der Waals surface area (Å²) >= 11 is 7.41. The molecule has 1 saturated heterocycles. The molecule has 1 fully saturated rings. The number of thioether (sulfide) groups is 1. The summed E-state index contributed by atoms with van der Waals surface area (Å²) in [7, 11) is 0. The van der Waals surface area contributed by atoms with Crippen molar-refractivity contribution in [3.8, 4) is 5.75 Å². The first kappa shape index (κ1) is 19.0. The number of amides is 2. The summed E-state index contributed by atoms with van der Waals surface area (Å²) in [6, 6.07) is 12.7. The Labute approximate surface area is 165 Å². The lowest BCUT2D eigenvalue weighted by atomic mass is 10.2. The van der Waals surface area contributed by atoms with Crippen molar-refractivity contribution in [3.63, 3.8) is 0 Å². The number of aryl methyl sites for hydroxylation is 1. The van der Waals surface area contributed by atoms with E-state index in [1.165, 1.54) is 11.8 Å². The van der Waals surface area contributed by atoms with Gasteiger partial charge in [0.2, 0.25) is 0 Å². The number of benzene rings is 2. The molecule has 1 aliphatic heterocycles. The van der Waals surface area contributed by atoms with Crippen LogP contribution in [0.25, 0.3) is 6.08 Å². The zero-order valence-electron chi connectivity index (χ0n) is 14.4. The predicted octanol–water partition coefficient (Wildman–Crippen LogP) is 3.40. The van der Waals surface area contributed by atoms with E-state index in [1.54, 1.807) is 24.3 Å². The van der Waals surface area contributed by atoms with Crippen LogP contribution in [0.4, 0.5) is 5.69 Å². The lowest BCUT2D eigenvalue weighted by molar-refractivity contribution is -0.120. The summed E-state index contributed by atoms with van der Waals surface area (Å²) in [6.45, 7) is 1.71. The molecule has 8 heteroatoms. The Morgan fingerprint density at radius 3 is 2.81 bits per heavy atom. The minimum absolute atomic E-state index is 0.225. The molecular weight excluding hydrogens is 386 g/mol. The number of carbonyl (C=O) groups is 2. The number of para-hydroxylation sites is 1. The van der Waals surface area contributed by atoms with Crippen molar-refractivity contribution in [1.82, 2.24) is 5.32 Å². The van der Waals surface area contributed by atoms with Gasteiger partial charge >= 0.3 is 0 Å². The molecule has 1 aliphatic rings. The van der Waals surface area contributed by atoms with Crippen LogP contribution in [0.2, 0.25) is 5.02 Å². The van der Waals surface area contributed by atoms with E-state index in [2.05, 4.69) is 10.3 Å². The zero-order chi connectivity index (χ0) is 19.4. The Bertz CT molecular complexity index is 972. The van der Waals surface area contributed by atoms with Crippen molar-refractivity contribution in [1.29, 1.82) is 0 Å². The average molecular weight is 402 g/mol. The number of nitrogens with one attached hydrogen (secondary N) is 1. The van der Waals surface area contributed by atoms with Crippen LogP contribution in [-0.4, -0.2) is 23.6 Å². The van der Waals surface area contributed by atoms with E-state index in [9.17, 15) is 9.59 Å². The van der Waals surface area contributed by atoms with Gasteiger partial charge in [0.25, 0.3) is 11.8 Å². The van der Waals surface area contributed by atoms with Gasteiger partial charge in [-0.3, -0.25) is 9.59 Å². The molecule has 0 radical (unpaired) electrons.